The van der Waals surface area contributed by atoms with Crippen LogP contribution in [0.2, 0.25) is 0 Å². The summed E-state index contributed by atoms with van der Waals surface area (Å²) in [5, 5.41) is -0.426. The van der Waals surface area contributed by atoms with E-state index in [-0.39, 0.29) is 0 Å². The molecule has 3 nitrogen and oxygen atoms in total. The van der Waals surface area contributed by atoms with Gasteiger partial charge in [-0.05, 0) is 29.0 Å². The van der Waals surface area contributed by atoms with E-state index in [4.69, 9.17) is 5.73 Å². The Balaban J connectivity index is 2.44. The summed E-state index contributed by atoms with van der Waals surface area (Å²) >= 11 is 0.996. The Kier molecular flexibility index (Phi) is 3.22. The smallest absolute Gasteiger partial charge is 0.281 e. The summed E-state index contributed by atoms with van der Waals surface area (Å²) in [4.78, 5) is 15.7. The predicted molar refractivity (Wildman–Crippen MR) is 65.1 cm³/mol. The molecule has 0 aliphatic heterocycles. The molecule has 0 unspecified atom stereocenters. The van der Waals surface area contributed by atoms with Crippen molar-refractivity contribution in [2.45, 2.75) is 4.90 Å². The van der Waals surface area contributed by atoms with Gasteiger partial charge in [-0.1, -0.05) is 30.3 Å². The van der Waals surface area contributed by atoms with Crippen LogP contribution >= 0.6 is 11.8 Å². The SMILES string of the molecule is NC(=O)Sc1cnccc1-c1ccccc1. The van der Waals surface area contributed by atoms with E-state index in [0.29, 0.717) is 0 Å². The van der Waals surface area contributed by atoms with Gasteiger partial charge < -0.3 is 5.73 Å². The van der Waals surface area contributed by atoms with E-state index in [0.717, 1.165) is 27.8 Å². The van der Waals surface area contributed by atoms with Gasteiger partial charge in [-0.2, -0.15) is 0 Å². The van der Waals surface area contributed by atoms with Crippen molar-refractivity contribution in [3.8, 4) is 11.1 Å². The number of thioether (sulfide) groups is 1. The molecule has 80 valence electrons. The maximum atomic E-state index is 10.9. The predicted octanol–water partition coefficient (Wildman–Crippen LogP) is 2.92. The molecule has 1 heterocycles. The quantitative estimate of drug-likeness (QED) is 0.807. The Morgan fingerprint density at radius 1 is 1.19 bits per heavy atom. The Labute approximate surface area is 97.7 Å². The first kappa shape index (κ1) is 10.7. The lowest BCUT2D eigenvalue weighted by Crippen LogP contribution is -2.02. The highest BCUT2D eigenvalue weighted by Crippen LogP contribution is 2.30. The standard InChI is InChI=1S/C12H10N2OS/c13-12(15)16-11-8-14-7-6-10(11)9-4-2-1-3-5-9/h1-8H,(H2,13,15). The average Bonchev–Trinajstić information content (AvgIpc) is 2.30. The van der Waals surface area contributed by atoms with E-state index < -0.39 is 5.24 Å². The molecule has 0 bridgehead atoms. The first-order valence-corrected chi connectivity index (χ1v) is 5.56. The Hall–Kier alpha value is -1.81. The topological polar surface area (TPSA) is 56.0 Å². The van der Waals surface area contributed by atoms with Gasteiger partial charge >= 0.3 is 0 Å². The first-order valence-electron chi connectivity index (χ1n) is 4.74. The lowest BCUT2D eigenvalue weighted by atomic mass is 10.1. The minimum Gasteiger partial charge on any atom is -0.360 e. The molecule has 0 saturated carbocycles. The van der Waals surface area contributed by atoms with Crippen LogP contribution in [-0.2, 0) is 0 Å². The second-order valence-electron chi connectivity index (χ2n) is 3.16. The zero-order valence-electron chi connectivity index (χ0n) is 8.46. The van der Waals surface area contributed by atoms with Crippen molar-refractivity contribution in [2.75, 3.05) is 0 Å². The summed E-state index contributed by atoms with van der Waals surface area (Å²) < 4.78 is 0. The molecule has 0 aliphatic carbocycles. The number of nitrogens with two attached hydrogens (primary N) is 1. The molecule has 0 radical (unpaired) electrons. The van der Waals surface area contributed by atoms with Gasteiger partial charge in [0.15, 0.2) is 0 Å². The van der Waals surface area contributed by atoms with E-state index in [1.807, 2.05) is 36.4 Å². The van der Waals surface area contributed by atoms with Gasteiger partial charge in [0.1, 0.15) is 0 Å². The van der Waals surface area contributed by atoms with Crippen LogP contribution in [0.25, 0.3) is 11.1 Å². The summed E-state index contributed by atoms with van der Waals surface area (Å²) in [6, 6.07) is 11.7. The van der Waals surface area contributed by atoms with Crippen LogP contribution < -0.4 is 5.73 Å². The van der Waals surface area contributed by atoms with E-state index in [1.54, 1.807) is 12.4 Å². The number of amides is 1. The summed E-state index contributed by atoms with van der Waals surface area (Å²) in [5.74, 6) is 0. The Bertz CT molecular complexity index is 499. The number of benzene rings is 1. The molecule has 1 aromatic carbocycles. The molecule has 1 aromatic heterocycles. The normalized spacial score (nSPS) is 10.0. The lowest BCUT2D eigenvalue weighted by Gasteiger charge is -2.06. The van der Waals surface area contributed by atoms with Crippen LogP contribution in [0.1, 0.15) is 0 Å². The second-order valence-corrected chi connectivity index (χ2v) is 4.21. The van der Waals surface area contributed by atoms with Gasteiger partial charge in [0.25, 0.3) is 5.24 Å². The van der Waals surface area contributed by atoms with Crippen molar-refractivity contribution in [3.63, 3.8) is 0 Å². The van der Waals surface area contributed by atoms with E-state index in [2.05, 4.69) is 4.98 Å². The fourth-order valence-corrected chi connectivity index (χ4v) is 2.05. The van der Waals surface area contributed by atoms with Crippen LogP contribution in [0.4, 0.5) is 4.79 Å². The van der Waals surface area contributed by atoms with Crippen LogP contribution in [0.3, 0.4) is 0 Å². The van der Waals surface area contributed by atoms with Gasteiger partial charge in [-0.3, -0.25) is 9.78 Å². The molecule has 2 rings (SSSR count). The minimum atomic E-state index is -0.426. The third-order valence-corrected chi connectivity index (χ3v) is 2.83. The number of hydrogen-bond donors (Lipinski definition) is 1. The lowest BCUT2D eigenvalue weighted by molar-refractivity contribution is 0.267. The van der Waals surface area contributed by atoms with Gasteiger partial charge in [0.2, 0.25) is 0 Å². The Morgan fingerprint density at radius 3 is 2.62 bits per heavy atom. The third-order valence-electron chi connectivity index (χ3n) is 2.08. The van der Waals surface area contributed by atoms with Crippen molar-refractivity contribution in [2.24, 2.45) is 5.73 Å². The molecular weight excluding hydrogens is 220 g/mol. The number of aromatic nitrogens is 1. The minimum absolute atomic E-state index is 0.426. The van der Waals surface area contributed by atoms with Crippen molar-refractivity contribution in [1.29, 1.82) is 0 Å². The van der Waals surface area contributed by atoms with E-state index in [1.165, 1.54) is 0 Å². The zero-order valence-corrected chi connectivity index (χ0v) is 9.28. The molecule has 0 aliphatic rings. The number of hydrogen-bond acceptors (Lipinski definition) is 3. The number of primary amides is 1. The summed E-state index contributed by atoms with van der Waals surface area (Å²) in [5.41, 5.74) is 7.19. The van der Waals surface area contributed by atoms with Gasteiger partial charge in [0, 0.05) is 17.3 Å². The van der Waals surface area contributed by atoms with Crippen molar-refractivity contribution in [3.05, 3.63) is 48.8 Å². The van der Waals surface area contributed by atoms with Crippen LogP contribution in [0.5, 0.6) is 0 Å². The zero-order chi connectivity index (χ0) is 11.4. The fraction of sp³-hybridized carbons (Fsp3) is 0. The first-order chi connectivity index (χ1) is 7.77. The van der Waals surface area contributed by atoms with E-state index >= 15 is 0 Å². The molecule has 1 amide bonds. The molecule has 0 saturated heterocycles. The number of nitrogens with zero attached hydrogens (tertiary/aromatic N) is 1. The molecule has 2 aromatic rings. The summed E-state index contributed by atoms with van der Waals surface area (Å²) in [6.07, 6.45) is 3.35. The Morgan fingerprint density at radius 2 is 1.94 bits per heavy atom. The van der Waals surface area contributed by atoms with E-state index in [9.17, 15) is 4.79 Å². The van der Waals surface area contributed by atoms with Crippen molar-refractivity contribution < 1.29 is 4.79 Å². The highest BCUT2D eigenvalue weighted by molar-refractivity contribution is 8.13. The molecule has 2 N–H and O–H groups in total. The largest absolute Gasteiger partial charge is 0.360 e. The highest BCUT2D eigenvalue weighted by atomic mass is 32.2. The summed E-state index contributed by atoms with van der Waals surface area (Å²) in [7, 11) is 0. The van der Waals surface area contributed by atoms with Crippen molar-refractivity contribution >= 4 is 17.0 Å². The monoisotopic (exact) mass is 230 g/mol. The third kappa shape index (κ3) is 2.41. The van der Waals surface area contributed by atoms with Gasteiger partial charge in [0.05, 0.1) is 0 Å². The van der Waals surface area contributed by atoms with Gasteiger partial charge in [-0.25, -0.2) is 0 Å². The summed E-state index contributed by atoms with van der Waals surface area (Å²) in [6.45, 7) is 0. The molecule has 16 heavy (non-hydrogen) atoms. The molecule has 0 spiro atoms. The number of rotatable bonds is 2. The maximum absolute atomic E-state index is 10.9. The molecule has 0 atom stereocenters. The maximum Gasteiger partial charge on any atom is 0.281 e. The number of pyridine rings is 1. The second kappa shape index (κ2) is 4.81. The van der Waals surface area contributed by atoms with Crippen LogP contribution in [0, 0.1) is 0 Å². The molecule has 4 heteroatoms. The highest BCUT2D eigenvalue weighted by Gasteiger charge is 2.07. The fourth-order valence-electron chi connectivity index (χ4n) is 1.43. The molecule has 0 fully saturated rings. The van der Waals surface area contributed by atoms with Gasteiger partial charge in [-0.15, -0.1) is 0 Å². The number of carbonyl (C=O) groups excluding carboxylic acids is 1. The van der Waals surface area contributed by atoms with Crippen LogP contribution in [0.15, 0.2) is 53.7 Å². The molecular formula is C12H10N2OS. The average molecular weight is 230 g/mol. The van der Waals surface area contributed by atoms with Crippen molar-refractivity contribution in [1.82, 2.24) is 4.98 Å². The van der Waals surface area contributed by atoms with Crippen LogP contribution in [-0.4, -0.2) is 10.2 Å². The number of carbonyl (C=O) groups is 1.